The Balaban J connectivity index is -0.000000495. The van der Waals surface area contributed by atoms with E-state index in [-0.39, 0.29) is 25.7 Å². The Morgan fingerprint density at radius 2 is 0.256 bits per heavy atom. The molecule has 0 aromatic rings. The zero-order valence-corrected chi connectivity index (χ0v) is 52.8. The van der Waals surface area contributed by atoms with Crippen molar-refractivity contribution < 1.29 is 73.1 Å². The summed E-state index contributed by atoms with van der Waals surface area (Å²) in [5.74, 6) is 0. The highest BCUT2D eigenvalue weighted by molar-refractivity contribution is 4.68. The van der Waals surface area contributed by atoms with Crippen LogP contribution in [0.4, 0.5) is 52.7 Å². The smallest absolute Gasteiger partial charge is 0.384 e. The Kier molecular flexibility index (Phi) is 67.2. The van der Waals surface area contributed by atoms with Gasteiger partial charge in [0.15, 0.2) is 0 Å². The van der Waals surface area contributed by atoms with Gasteiger partial charge in [0.1, 0.15) is 24.4 Å². The van der Waals surface area contributed by atoms with Crippen molar-refractivity contribution in [2.24, 2.45) is 0 Å². The highest BCUT2D eigenvalue weighted by Crippen LogP contribution is 2.28. The fourth-order valence-electron chi connectivity index (χ4n) is 9.72. The summed E-state index contributed by atoms with van der Waals surface area (Å²) in [6.45, 7) is 8.88. The molecule has 0 aliphatic heterocycles. The second kappa shape index (κ2) is 63.0. The predicted octanol–water partition coefficient (Wildman–Crippen LogP) is 24.8. The molecule has 0 radical (unpaired) electrons. The molecule has 82 heavy (non-hydrogen) atoms. The van der Waals surface area contributed by atoms with Crippen LogP contribution in [0.5, 0.6) is 0 Å². The Hall–Kier alpha value is -1.00. The Morgan fingerprint density at radius 3 is 0.341 bits per heavy atom. The van der Waals surface area contributed by atoms with Crippen molar-refractivity contribution >= 4 is 0 Å². The molecule has 0 amide bonds. The number of aliphatic hydroxyl groups is 4. The molecule has 0 aromatic heterocycles. The number of alkyl halides is 12. The van der Waals surface area contributed by atoms with Crippen LogP contribution in [-0.4, -0.2) is 69.5 Å². The first kappa shape index (κ1) is 87.4. The molecule has 0 bridgehead atoms. The Bertz CT molecular complexity index is 1200. The van der Waals surface area contributed by atoms with Gasteiger partial charge in [-0.3, -0.25) is 0 Å². The highest BCUT2D eigenvalue weighted by Gasteiger charge is 2.39. The van der Waals surface area contributed by atoms with Gasteiger partial charge in [0.2, 0.25) is 0 Å². The van der Waals surface area contributed by atoms with Crippen molar-refractivity contribution in [3.05, 3.63) is 0 Å². The van der Waals surface area contributed by atoms with Gasteiger partial charge >= 0.3 is 24.7 Å². The molecule has 0 heterocycles. The molecule has 500 valence electrons. The zero-order chi connectivity index (χ0) is 62.5. The molecule has 4 N–H and O–H groups in total. The van der Waals surface area contributed by atoms with Gasteiger partial charge in [0.05, 0.1) is 0 Å². The topological polar surface area (TPSA) is 80.9 Å². The number of hydrogen-bond acceptors (Lipinski definition) is 4. The van der Waals surface area contributed by atoms with Crippen molar-refractivity contribution in [2.75, 3.05) is 0 Å². The monoisotopic (exact) mass is 1210 g/mol. The minimum atomic E-state index is -4.45. The molecule has 0 fully saturated rings. The van der Waals surface area contributed by atoms with E-state index < -0.39 is 49.1 Å². The maximum atomic E-state index is 12.1. The highest BCUT2D eigenvalue weighted by atomic mass is 19.4. The Morgan fingerprint density at radius 1 is 0.171 bits per heavy atom. The van der Waals surface area contributed by atoms with Gasteiger partial charge in [-0.1, -0.05) is 349 Å². The largest absolute Gasteiger partial charge is 0.414 e. The second-order valence-electron chi connectivity index (χ2n) is 23.6. The van der Waals surface area contributed by atoms with E-state index in [0.717, 1.165) is 77.0 Å². The van der Waals surface area contributed by atoms with Crippen molar-refractivity contribution in [1.29, 1.82) is 0 Å². The average Bonchev–Trinajstić information content (AvgIpc) is 3.42. The number of hydrogen-bond donors (Lipinski definition) is 4. The van der Waals surface area contributed by atoms with E-state index in [1.807, 2.05) is 0 Å². The summed E-state index contributed by atoms with van der Waals surface area (Å²) in [5, 5.41) is 35.3. The fraction of sp³-hybridized carbons (Fsp3) is 1.00. The molecule has 4 unspecified atom stereocenters. The SMILES string of the molecule is CCCCCCCCCCCCCC(O)C(F)(F)F.CCCCCCCCCCCCCCC(O)C(F)(F)F.CCCCCCCCCCCCCCCC(O)C(F)(F)F.CCCCCCCCCCCCCCCCC(O)C(F)(F)F. The third kappa shape index (κ3) is 73.3. The molecule has 0 aliphatic rings. The molecular weight excluding hydrogens is 1080 g/mol. The second-order valence-corrected chi connectivity index (χ2v) is 23.6. The lowest BCUT2D eigenvalue weighted by atomic mass is 10.0. The summed E-state index contributed by atoms with van der Waals surface area (Å²) >= 11 is 0. The van der Waals surface area contributed by atoms with E-state index in [0.29, 0.717) is 25.7 Å². The quantitative estimate of drug-likeness (QED) is 0.0361. The van der Waals surface area contributed by atoms with Gasteiger partial charge in [-0.2, -0.15) is 52.7 Å². The summed E-state index contributed by atoms with van der Waals surface area (Å²) in [6.07, 6.45) is 30.7. The van der Waals surface area contributed by atoms with Crippen LogP contribution in [0.2, 0.25) is 0 Å². The first-order valence-corrected chi connectivity index (χ1v) is 33.9. The van der Waals surface area contributed by atoms with Gasteiger partial charge in [0.25, 0.3) is 0 Å². The predicted molar refractivity (Wildman–Crippen MR) is 320 cm³/mol. The summed E-state index contributed by atoms with van der Waals surface area (Å²) in [7, 11) is 0. The van der Waals surface area contributed by atoms with Crippen LogP contribution in [0.25, 0.3) is 0 Å². The first-order chi connectivity index (χ1) is 38.9. The van der Waals surface area contributed by atoms with Crippen LogP contribution >= 0.6 is 0 Å². The number of halogens is 12. The number of rotatable bonds is 54. The van der Waals surface area contributed by atoms with Crippen LogP contribution in [0.1, 0.15) is 374 Å². The molecule has 4 atom stereocenters. The molecule has 16 heteroatoms. The molecular formula is C66H128F12O4. The standard InChI is InChI=1S/C18H35F3O.C17H33F3O.C16H31F3O.C15H29F3O/c1-2-3-4-5-6-7-8-9-10-11-12-13-14-15-16-17(22)18(19,20)21;1-2-3-4-5-6-7-8-9-10-11-12-13-14-15-16(21)17(18,19)20;1-2-3-4-5-6-7-8-9-10-11-12-13-14-15(20)16(17,18)19;1-2-3-4-5-6-7-8-9-10-11-12-13-14(19)15(16,17)18/h17,22H,2-16H2,1H3;16,21H,2-15H2,1H3;15,20H,2-14H2,1H3;14,19H,2-13H2,1H3. The lowest BCUT2D eigenvalue weighted by Crippen LogP contribution is -2.28. The van der Waals surface area contributed by atoms with Crippen molar-refractivity contribution in [3.63, 3.8) is 0 Å². The molecule has 0 spiro atoms. The summed E-state index contributed by atoms with van der Waals surface area (Å²) in [4.78, 5) is 0. The zero-order valence-electron chi connectivity index (χ0n) is 52.8. The molecule has 0 saturated heterocycles. The molecule has 0 saturated carbocycles. The minimum Gasteiger partial charge on any atom is -0.384 e. The van der Waals surface area contributed by atoms with E-state index in [1.165, 1.54) is 218 Å². The van der Waals surface area contributed by atoms with Gasteiger partial charge < -0.3 is 20.4 Å². The molecule has 0 aromatic carbocycles. The summed E-state index contributed by atoms with van der Waals surface area (Å²) < 4.78 is 144. The summed E-state index contributed by atoms with van der Waals surface area (Å²) in [6, 6.07) is 0. The number of unbranched alkanes of at least 4 members (excludes halogenated alkanes) is 46. The van der Waals surface area contributed by atoms with E-state index in [2.05, 4.69) is 27.7 Å². The van der Waals surface area contributed by atoms with Gasteiger partial charge in [-0.15, -0.1) is 0 Å². The van der Waals surface area contributed by atoms with Crippen molar-refractivity contribution in [1.82, 2.24) is 0 Å². The normalized spacial score (nSPS) is 13.6. The van der Waals surface area contributed by atoms with Gasteiger partial charge in [-0.05, 0) is 25.7 Å². The van der Waals surface area contributed by atoms with Crippen LogP contribution in [0, 0.1) is 0 Å². The van der Waals surface area contributed by atoms with E-state index >= 15 is 0 Å². The average molecular weight is 1210 g/mol. The maximum Gasteiger partial charge on any atom is 0.414 e. The van der Waals surface area contributed by atoms with Gasteiger partial charge in [-0.25, -0.2) is 0 Å². The first-order valence-electron chi connectivity index (χ1n) is 33.9. The lowest BCUT2D eigenvalue weighted by Gasteiger charge is -2.13. The van der Waals surface area contributed by atoms with Crippen molar-refractivity contribution in [2.45, 2.75) is 424 Å². The molecule has 4 nitrogen and oxygen atoms in total. The third-order valence-corrected chi connectivity index (χ3v) is 15.3. The van der Waals surface area contributed by atoms with Crippen LogP contribution in [0.15, 0.2) is 0 Å². The molecule has 0 rings (SSSR count). The fourth-order valence-corrected chi connectivity index (χ4v) is 9.72. The van der Waals surface area contributed by atoms with Gasteiger partial charge in [0, 0.05) is 0 Å². The van der Waals surface area contributed by atoms with Crippen LogP contribution in [0.3, 0.4) is 0 Å². The van der Waals surface area contributed by atoms with E-state index in [9.17, 15) is 52.7 Å². The third-order valence-electron chi connectivity index (χ3n) is 15.3. The summed E-state index contributed by atoms with van der Waals surface area (Å²) in [5.41, 5.74) is 0. The Labute approximate surface area is 495 Å². The molecule has 0 aliphatic carbocycles. The number of aliphatic hydroxyl groups excluding tert-OH is 4. The van der Waals surface area contributed by atoms with Crippen molar-refractivity contribution in [3.8, 4) is 0 Å². The minimum absolute atomic E-state index is 0.151. The van der Waals surface area contributed by atoms with Crippen LogP contribution in [-0.2, 0) is 0 Å². The van der Waals surface area contributed by atoms with E-state index in [1.54, 1.807) is 0 Å². The van der Waals surface area contributed by atoms with Crippen LogP contribution < -0.4 is 0 Å². The lowest BCUT2D eigenvalue weighted by molar-refractivity contribution is -0.206. The van der Waals surface area contributed by atoms with E-state index in [4.69, 9.17) is 20.4 Å². The maximum absolute atomic E-state index is 12.1.